The molecular weight excluding hydrogens is 176 g/mol. The van der Waals surface area contributed by atoms with Gasteiger partial charge < -0.3 is 9.47 Å². The van der Waals surface area contributed by atoms with Crippen LogP contribution in [0.3, 0.4) is 0 Å². The van der Waals surface area contributed by atoms with Crippen LogP contribution >= 0.6 is 11.3 Å². The Morgan fingerprint density at radius 1 is 1.50 bits per heavy atom. The van der Waals surface area contributed by atoms with E-state index in [1.165, 1.54) is 18.3 Å². The number of ether oxygens (including phenoxy) is 2. The van der Waals surface area contributed by atoms with Crippen LogP contribution in [0.15, 0.2) is 5.38 Å². The van der Waals surface area contributed by atoms with Gasteiger partial charge >= 0.3 is 0 Å². The van der Waals surface area contributed by atoms with E-state index in [1.807, 2.05) is 5.38 Å². The molecule has 0 amide bonds. The molecule has 1 aromatic rings. The van der Waals surface area contributed by atoms with Crippen LogP contribution in [0.4, 0.5) is 0 Å². The Kier molecular flexibility index (Phi) is 1.77. The van der Waals surface area contributed by atoms with Crippen LogP contribution in [-0.4, -0.2) is 19.0 Å². The fourth-order valence-corrected chi connectivity index (χ4v) is 1.94. The molecule has 0 saturated carbocycles. The third kappa shape index (κ3) is 1.08. The van der Waals surface area contributed by atoms with Gasteiger partial charge in [0.25, 0.3) is 0 Å². The second-order valence-corrected chi connectivity index (χ2v) is 3.39. The number of carbonyl (C=O) groups is 1. The quantitative estimate of drug-likeness (QED) is 0.623. The van der Waals surface area contributed by atoms with Crippen molar-refractivity contribution in [2.24, 2.45) is 0 Å². The molecule has 1 aliphatic heterocycles. The normalized spacial score (nSPS) is 14.4. The van der Waals surface area contributed by atoms with Crippen LogP contribution in [-0.2, 0) is 0 Å². The maximum Gasteiger partial charge on any atom is 0.182 e. The van der Waals surface area contributed by atoms with E-state index < -0.39 is 0 Å². The van der Waals surface area contributed by atoms with Crippen molar-refractivity contribution in [1.82, 2.24) is 0 Å². The summed E-state index contributed by atoms with van der Waals surface area (Å²) < 4.78 is 10.6. The van der Waals surface area contributed by atoms with Crippen molar-refractivity contribution in [2.75, 3.05) is 13.2 Å². The minimum atomic E-state index is 0.0340. The number of hydrogen-bond acceptors (Lipinski definition) is 4. The van der Waals surface area contributed by atoms with Gasteiger partial charge in [-0.05, 0) is 0 Å². The molecule has 1 aliphatic rings. The van der Waals surface area contributed by atoms with Gasteiger partial charge in [-0.15, -0.1) is 11.3 Å². The minimum Gasteiger partial charge on any atom is -0.485 e. The molecule has 64 valence electrons. The molecule has 12 heavy (non-hydrogen) atoms. The van der Waals surface area contributed by atoms with Crippen LogP contribution in [0, 0.1) is 0 Å². The molecule has 1 aromatic heterocycles. The summed E-state index contributed by atoms with van der Waals surface area (Å²) >= 11 is 1.37. The van der Waals surface area contributed by atoms with Gasteiger partial charge in [-0.2, -0.15) is 0 Å². The number of Topliss-reactive ketones (excluding diaryl/α,β-unsaturated/α-hetero) is 1. The summed E-state index contributed by atoms with van der Waals surface area (Å²) in [6.45, 7) is 2.63. The predicted molar refractivity (Wildman–Crippen MR) is 45.3 cm³/mol. The Morgan fingerprint density at radius 2 is 2.25 bits per heavy atom. The van der Waals surface area contributed by atoms with Gasteiger partial charge in [-0.25, -0.2) is 0 Å². The Bertz CT molecular complexity index is 316. The minimum absolute atomic E-state index is 0.0340. The van der Waals surface area contributed by atoms with Crippen molar-refractivity contribution in [3.05, 3.63) is 10.3 Å². The molecule has 2 heterocycles. The van der Waals surface area contributed by atoms with Gasteiger partial charge in [0.2, 0.25) is 0 Å². The lowest BCUT2D eigenvalue weighted by Crippen LogP contribution is -2.15. The second-order valence-electron chi connectivity index (χ2n) is 2.51. The summed E-state index contributed by atoms with van der Waals surface area (Å²) in [5, 5.41) is 1.81. The molecule has 4 heteroatoms. The number of ketones is 1. The highest BCUT2D eigenvalue weighted by molar-refractivity contribution is 7.12. The highest BCUT2D eigenvalue weighted by atomic mass is 32.1. The van der Waals surface area contributed by atoms with Gasteiger partial charge in [0.15, 0.2) is 17.3 Å². The van der Waals surface area contributed by atoms with Gasteiger partial charge in [0.05, 0.1) is 0 Å². The maximum atomic E-state index is 11.1. The van der Waals surface area contributed by atoms with Crippen LogP contribution in [0.25, 0.3) is 0 Å². The fraction of sp³-hybridized carbons (Fsp3) is 0.375. The lowest BCUT2D eigenvalue weighted by molar-refractivity contribution is 0.101. The van der Waals surface area contributed by atoms with Crippen LogP contribution in [0.1, 0.15) is 16.6 Å². The van der Waals surface area contributed by atoms with E-state index in [4.69, 9.17) is 9.47 Å². The summed E-state index contributed by atoms with van der Waals surface area (Å²) in [6.07, 6.45) is 0. The number of thiophene rings is 1. The highest BCUT2D eigenvalue weighted by Crippen LogP contribution is 2.39. The van der Waals surface area contributed by atoms with E-state index in [2.05, 4.69) is 0 Å². The summed E-state index contributed by atoms with van der Waals surface area (Å²) in [4.78, 5) is 11.7. The van der Waals surface area contributed by atoms with E-state index >= 15 is 0 Å². The Morgan fingerprint density at radius 3 is 3.00 bits per heavy atom. The molecular formula is C8H8O3S. The van der Waals surface area contributed by atoms with E-state index in [1.54, 1.807) is 0 Å². The second kappa shape index (κ2) is 2.79. The smallest absolute Gasteiger partial charge is 0.182 e. The molecule has 0 aliphatic carbocycles. The van der Waals surface area contributed by atoms with Crippen molar-refractivity contribution >= 4 is 17.1 Å². The van der Waals surface area contributed by atoms with Crippen LogP contribution in [0.5, 0.6) is 11.5 Å². The average Bonchev–Trinajstić information content (AvgIpc) is 2.47. The van der Waals surface area contributed by atoms with Crippen molar-refractivity contribution < 1.29 is 14.3 Å². The molecule has 0 N–H and O–H groups in total. The average molecular weight is 184 g/mol. The lowest BCUT2D eigenvalue weighted by atomic mass is 10.3. The summed E-state index contributed by atoms with van der Waals surface area (Å²) in [5.41, 5.74) is 0. The maximum absolute atomic E-state index is 11.1. The first-order chi connectivity index (χ1) is 5.79. The van der Waals surface area contributed by atoms with Crippen molar-refractivity contribution in [2.45, 2.75) is 6.92 Å². The Balaban J connectivity index is 2.44. The molecule has 0 unspecified atom stereocenters. The van der Waals surface area contributed by atoms with Crippen molar-refractivity contribution in [3.8, 4) is 11.5 Å². The number of hydrogen-bond donors (Lipinski definition) is 0. The van der Waals surface area contributed by atoms with Crippen molar-refractivity contribution in [3.63, 3.8) is 0 Å². The lowest BCUT2D eigenvalue weighted by Gasteiger charge is -2.15. The van der Waals surface area contributed by atoms with Crippen molar-refractivity contribution in [1.29, 1.82) is 0 Å². The standard InChI is InChI=1S/C8H8O3S/c1-5(9)8-7-6(4-12-8)10-2-3-11-7/h4H,2-3H2,1H3. The number of carbonyl (C=O) groups excluding carboxylic acids is 1. The highest BCUT2D eigenvalue weighted by Gasteiger charge is 2.20. The Labute approximate surface area is 73.9 Å². The van der Waals surface area contributed by atoms with Crippen LogP contribution < -0.4 is 9.47 Å². The molecule has 3 nitrogen and oxygen atoms in total. The summed E-state index contributed by atoms with van der Waals surface area (Å²) in [7, 11) is 0. The van der Waals surface area contributed by atoms with Gasteiger partial charge in [-0.3, -0.25) is 4.79 Å². The SMILES string of the molecule is CC(=O)c1scc2c1OCCO2. The van der Waals surface area contributed by atoms with Crippen LogP contribution in [0.2, 0.25) is 0 Å². The molecule has 0 atom stereocenters. The first-order valence-electron chi connectivity index (χ1n) is 3.67. The summed E-state index contributed by atoms with van der Waals surface area (Å²) in [6, 6.07) is 0. The van der Waals surface area contributed by atoms with Gasteiger partial charge in [0.1, 0.15) is 18.1 Å². The molecule has 0 saturated heterocycles. The predicted octanol–water partition coefficient (Wildman–Crippen LogP) is 1.72. The third-order valence-corrected chi connectivity index (χ3v) is 2.66. The molecule has 2 rings (SSSR count). The zero-order chi connectivity index (χ0) is 8.55. The monoisotopic (exact) mass is 184 g/mol. The van der Waals surface area contributed by atoms with E-state index in [9.17, 15) is 4.79 Å². The van der Waals surface area contributed by atoms with E-state index in [0.29, 0.717) is 29.6 Å². The number of rotatable bonds is 1. The molecule has 0 fully saturated rings. The molecule has 0 bridgehead atoms. The molecule has 0 spiro atoms. The van der Waals surface area contributed by atoms with E-state index in [-0.39, 0.29) is 5.78 Å². The first kappa shape index (κ1) is 7.61. The van der Waals surface area contributed by atoms with Gasteiger partial charge in [0, 0.05) is 12.3 Å². The van der Waals surface area contributed by atoms with E-state index in [0.717, 1.165) is 0 Å². The summed E-state index contributed by atoms with van der Waals surface area (Å²) in [5.74, 6) is 1.36. The zero-order valence-electron chi connectivity index (χ0n) is 6.62. The third-order valence-electron chi connectivity index (χ3n) is 1.62. The Hall–Kier alpha value is -1.03. The molecule has 0 radical (unpaired) electrons. The fourth-order valence-electron chi connectivity index (χ4n) is 1.11. The largest absolute Gasteiger partial charge is 0.485 e. The molecule has 0 aromatic carbocycles. The zero-order valence-corrected chi connectivity index (χ0v) is 7.44. The number of fused-ring (bicyclic) bond motifs is 1. The topological polar surface area (TPSA) is 35.5 Å². The van der Waals surface area contributed by atoms with Gasteiger partial charge in [-0.1, -0.05) is 0 Å². The first-order valence-corrected chi connectivity index (χ1v) is 4.55.